The molecule has 1 fully saturated rings. The predicted molar refractivity (Wildman–Crippen MR) is 72.7 cm³/mol. The first kappa shape index (κ1) is 12.8. The van der Waals surface area contributed by atoms with Gasteiger partial charge in [0.05, 0.1) is 6.61 Å². The summed E-state index contributed by atoms with van der Waals surface area (Å²) in [4.78, 5) is 2.48. The van der Waals surface area contributed by atoms with Crippen molar-refractivity contribution in [3.8, 4) is 11.5 Å². The van der Waals surface area contributed by atoms with Gasteiger partial charge in [-0.3, -0.25) is 4.90 Å². The lowest BCUT2D eigenvalue weighted by molar-refractivity contribution is 0.152. The maximum Gasteiger partial charge on any atom is 0.161 e. The highest BCUT2D eigenvalue weighted by Gasteiger charge is 2.22. The van der Waals surface area contributed by atoms with Crippen molar-refractivity contribution in [1.29, 1.82) is 0 Å². The highest BCUT2D eigenvalue weighted by Crippen LogP contribution is 2.31. The molecular formula is C15H21NO3. The van der Waals surface area contributed by atoms with Gasteiger partial charge in [-0.1, -0.05) is 6.07 Å². The molecule has 2 aliphatic rings. The summed E-state index contributed by atoms with van der Waals surface area (Å²) >= 11 is 0. The molecule has 0 N–H and O–H groups in total. The lowest BCUT2D eigenvalue weighted by Gasteiger charge is -2.21. The zero-order valence-electron chi connectivity index (χ0n) is 11.4. The van der Waals surface area contributed by atoms with Gasteiger partial charge in [-0.15, -0.1) is 0 Å². The summed E-state index contributed by atoms with van der Waals surface area (Å²) in [6, 6.07) is 6.27. The van der Waals surface area contributed by atoms with E-state index >= 15 is 0 Å². The Balaban J connectivity index is 1.61. The first-order valence-electron chi connectivity index (χ1n) is 6.95. The van der Waals surface area contributed by atoms with E-state index in [1.54, 1.807) is 7.11 Å². The van der Waals surface area contributed by atoms with Crippen molar-refractivity contribution in [3.05, 3.63) is 23.8 Å². The van der Waals surface area contributed by atoms with Crippen molar-refractivity contribution < 1.29 is 14.2 Å². The van der Waals surface area contributed by atoms with E-state index in [2.05, 4.69) is 17.0 Å². The number of likely N-dealkylation sites (tertiary alicyclic amines) is 1. The second-order valence-corrected chi connectivity index (χ2v) is 5.32. The molecule has 1 saturated heterocycles. The minimum atomic E-state index is 0.649. The van der Waals surface area contributed by atoms with E-state index < -0.39 is 0 Å². The molecule has 4 nitrogen and oxygen atoms in total. The van der Waals surface area contributed by atoms with Gasteiger partial charge in [-0.2, -0.15) is 0 Å². The lowest BCUT2D eigenvalue weighted by atomic mass is 10.1. The summed E-state index contributed by atoms with van der Waals surface area (Å²) in [6.45, 7) is 5.44. The highest BCUT2D eigenvalue weighted by molar-refractivity contribution is 5.43. The van der Waals surface area contributed by atoms with Crippen LogP contribution in [0.15, 0.2) is 18.2 Å². The van der Waals surface area contributed by atoms with Gasteiger partial charge in [-0.05, 0) is 36.6 Å². The largest absolute Gasteiger partial charge is 0.486 e. The average Bonchev–Trinajstić information content (AvgIpc) is 2.86. The summed E-state index contributed by atoms with van der Waals surface area (Å²) in [7, 11) is 1.78. The smallest absolute Gasteiger partial charge is 0.161 e. The molecule has 19 heavy (non-hydrogen) atoms. The average molecular weight is 263 g/mol. The zero-order chi connectivity index (χ0) is 13.1. The van der Waals surface area contributed by atoms with E-state index in [1.165, 1.54) is 12.0 Å². The van der Waals surface area contributed by atoms with Gasteiger partial charge in [-0.25, -0.2) is 0 Å². The van der Waals surface area contributed by atoms with Crippen LogP contribution in [0.25, 0.3) is 0 Å². The molecule has 0 amide bonds. The van der Waals surface area contributed by atoms with Gasteiger partial charge in [0, 0.05) is 20.2 Å². The van der Waals surface area contributed by atoms with Crippen LogP contribution in [-0.2, 0) is 11.3 Å². The third-order valence-electron chi connectivity index (χ3n) is 3.79. The molecule has 3 rings (SSSR count). The van der Waals surface area contributed by atoms with Crippen LogP contribution in [0.5, 0.6) is 11.5 Å². The van der Waals surface area contributed by atoms with Crippen LogP contribution in [0.2, 0.25) is 0 Å². The molecule has 104 valence electrons. The van der Waals surface area contributed by atoms with Gasteiger partial charge in [0.15, 0.2) is 11.5 Å². The van der Waals surface area contributed by atoms with E-state index in [0.717, 1.165) is 37.7 Å². The summed E-state index contributed by atoms with van der Waals surface area (Å²) in [5.74, 6) is 2.44. The highest BCUT2D eigenvalue weighted by atomic mass is 16.6. The van der Waals surface area contributed by atoms with Crippen LogP contribution in [0.4, 0.5) is 0 Å². The molecule has 1 aromatic rings. The number of benzene rings is 1. The van der Waals surface area contributed by atoms with Crippen molar-refractivity contribution in [2.45, 2.75) is 13.0 Å². The van der Waals surface area contributed by atoms with Gasteiger partial charge >= 0.3 is 0 Å². The summed E-state index contributed by atoms with van der Waals surface area (Å²) in [6.07, 6.45) is 1.23. The summed E-state index contributed by atoms with van der Waals surface area (Å²) in [5, 5.41) is 0. The first-order chi connectivity index (χ1) is 9.35. The third kappa shape index (κ3) is 3.01. The summed E-state index contributed by atoms with van der Waals surface area (Å²) in [5.41, 5.74) is 1.29. The fourth-order valence-electron chi connectivity index (χ4n) is 2.87. The Hall–Kier alpha value is -1.26. The molecule has 0 aromatic heterocycles. The number of methoxy groups -OCH3 is 1. The van der Waals surface area contributed by atoms with Crippen molar-refractivity contribution in [2.75, 3.05) is 40.0 Å². The normalized spacial score (nSPS) is 22.7. The molecule has 0 unspecified atom stereocenters. The first-order valence-corrected chi connectivity index (χ1v) is 6.95. The number of hydrogen-bond acceptors (Lipinski definition) is 4. The van der Waals surface area contributed by atoms with Crippen LogP contribution in [-0.4, -0.2) is 44.9 Å². The molecule has 0 aliphatic carbocycles. The third-order valence-corrected chi connectivity index (χ3v) is 3.79. The molecule has 1 atom stereocenters. The van der Waals surface area contributed by atoms with Crippen LogP contribution < -0.4 is 9.47 Å². The Labute approximate surface area is 114 Å². The molecular weight excluding hydrogens is 242 g/mol. The molecule has 4 heteroatoms. The molecule has 0 bridgehead atoms. The van der Waals surface area contributed by atoms with E-state index in [1.807, 2.05) is 6.07 Å². The van der Waals surface area contributed by atoms with Gasteiger partial charge < -0.3 is 14.2 Å². The van der Waals surface area contributed by atoms with Crippen molar-refractivity contribution >= 4 is 0 Å². The maximum atomic E-state index is 5.62. The number of fused-ring (bicyclic) bond motifs is 1. The van der Waals surface area contributed by atoms with Crippen molar-refractivity contribution in [2.24, 2.45) is 5.92 Å². The summed E-state index contributed by atoms with van der Waals surface area (Å²) < 4.78 is 16.4. The minimum Gasteiger partial charge on any atom is -0.486 e. The number of rotatable bonds is 4. The Morgan fingerprint density at radius 3 is 2.95 bits per heavy atom. The standard InChI is InChI=1S/C15H21NO3/c1-17-11-13-4-5-16(10-13)9-12-2-3-14-15(8-12)19-7-6-18-14/h2-3,8,13H,4-7,9-11H2,1H3/t13-/m0/s1. The Kier molecular flexibility index (Phi) is 3.89. The second kappa shape index (κ2) is 5.80. The Bertz CT molecular complexity index is 435. The van der Waals surface area contributed by atoms with Crippen LogP contribution in [0.1, 0.15) is 12.0 Å². The predicted octanol–water partition coefficient (Wildman–Crippen LogP) is 1.93. The van der Waals surface area contributed by atoms with E-state index in [-0.39, 0.29) is 0 Å². The maximum absolute atomic E-state index is 5.62. The topological polar surface area (TPSA) is 30.9 Å². The molecule has 2 aliphatic heterocycles. The molecule has 0 saturated carbocycles. The number of nitrogens with zero attached hydrogens (tertiary/aromatic N) is 1. The van der Waals surface area contributed by atoms with E-state index in [0.29, 0.717) is 19.1 Å². The number of hydrogen-bond donors (Lipinski definition) is 0. The number of ether oxygens (including phenoxy) is 3. The van der Waals surface area contributed by atoms with Gasteiger partial charge in [0.25, 0.3) is 0 Å². The second-order valence-electron chi connectivity index (χ2n) is 5.32. The Morgan fingerprint density at radius 2 is 2.11 bits per heavy atom. The molecule has 1 aromatic carbocycles. The van der Waals surface area contributed by atoms with Crippen molar-refractivity contribution in [1.82, 2.24) is 4.90 Å². The quantitative estimate of drug-likeness (QED) is 0.830. The monoisotopic (exact) mass is 263 g/mol. The van der Waals surface area contributed by atoms with E-state index in [4.69, 9.17) is 14.2 Å². The molecule has 0 spiro atoms. The van der Waals surface area contributed by atoms with Gasteiger partial charge in [0.1, 0.15) is 13.2 Å². The molecule has 2 heterocycles. The lowest BCUT2D eigenvalue weighted by Crippen LogP contribution is -2.21. The Morgan fingerprint density at radius 1 is 1.26 bits per heavy atom. The SMILES string of the molecule is COC[C@H]1CCN(Cc2ccc3c(c2)OCCO3)C1. The van der Waals surface area contributed by atoms with Crippen LogP contribution in [0, 0.1) is 5.92 Å². The fraction of sp³-hybridized carbons (Fsp3) is 0.600. The van der Waals surface area contributed by atoms with Crippen molar-refractivity contribution in [3.63, 3.8) is 0 Å². The van der Waals surface area contributed by atoms with Gasteiger partial charge in [0.2, 0.25) is 0 Å². The van der Waals surface area contributed by atoms with E-state index in [9.17, 15) is 0 Å². The molecule has 0 radical (unpaired) electrons. The fourth-order valence-corrected chi connectivity index (χ4v) is 2.87. The zero-order valence-corrected chi connectivity index (χ0v) is 11.4. The minimum absolute atomic E-state index is 0.649. The van der Waals surface area contributed by atoms with Crippen LogP contribution in [0.3, 0.4) is 0 Å². The van der Waals surface area contributed by atoms with Crippen LogP contribution >= 0.6 is 0 Å².